The van der Waals surface area contributed by atoms with Crippen molar-refractivity contribution in [2.75, 3.05) is 11.9 Å². The molecule has 0 radical (unpaired) electrons. The molecule has 1 aliphatic carbocycles. The average Bonchev–Trinajstić information content (AvgIpc) is 2.84. The zero-order chi connectivity index (χ0) is 10.1. The second kappa shape index (κ2) is 3.69. The minimum atomic E-state index is -0.456. The van der Waals surface area contributed by atoms with Crippen LogP contribution in [0.4, 0.5) is 10.2 Å². The number of halogens is 2. The van der Waals surface area contributed by atoms with Gasteiger partial charge in [-0.3, -0.25) is 0 Å². The van der Waals surface area contributed by atoms with E-state index in [0.29, 0.717) is 5.92 Å². The third-order valence-electron chi connectivity index (χ3n) is 2.52. The largest absolute Gasteiger partial charge is 0.367 e. The molecule has 0 aliphatic heterocycles. The number of anilines is 1. The first kappa shape index (κ1) is 9.65. The van der Waals surface area contributed by atoms with Crippen LogP contribution >= 0.6 is 11.6 Å². The van der Waals surface area contributed by atoms with Crippen molar-refractivity contribution in [3.8, 4) is 0 Å². The highest BCUT2D eigenvalue weighted by atomic mass is 35.5. The number of rotatable bonds is 3. The van der Waals surface area contributed by atoms with Crippen LogP contribution < -0.4 is 5.32 Å². The van der Waals surface area contributed by atoms with E-state index in [1.807, 2.05) is 0 Å². The molecule has 2 rings (SSSR count). The van der Waals surface area contributed by atoms with Gasteiger partial charge in [0, 0.05) is 6.54 Å². The van der Waals surface area contributed by atoms with Gasteiger partial charge in [0.1, 0.15) is 0 Å². The van der Waals surface area contributed by atoms with Gasteiger partial charge in [-0.15, -0.1) is 0 Å². The molecule has 2 atom stereocenters. The van der Waals surface area contributed by atoms with E-state index in [2.05, 4.69) is 22.2 Å². The minimum absolute atomic E-state index is 0.0674. The molecule has 1 fully saturated rings. The summed E-state index contributed by atoms with van der Waals surface area (Å²) in [5, 5.41) is 3.00. The zero-order valence-electron chi connectivity index (χ0n) is 7.80. The molecule has 0 spiro atoms. The van der Waals surface area contributed by atoms with Crippen molar-refractivity contribution >= 4 is 17.4 Å². The molecule has 3 nitrogen and oxygen atoms in total. The predicted molar refractivity (Wildman–Crippen MR) is 52.8 cm³/mol. The van der Waals surface area contributed by atoms with E-state index in [4.69, 9.17) is 11.6 Å². The lowest BCUT2D eigenvalue weighted by Gasteiger charge is -2.05. The highest BCUT2D eigenvalue weighted by Crippen LogP contribution is 2.37. The van der Waals surface area contributed by atoms with Crippen LogP contribution in [0.15, 0.2) is 6.20 Å². The third-order valence-corrected chi connectivity index (χ3v) is 2.70. The molecule has 76 valence electrons. The van der Waals surface area contributed by atoms with E-state index < -0.39 is 5.82 Å². The topological polar surface area (TPSA) is 37.8 Å². The summed E-state index contributed by atoms with van der Waals surface area (Å²) in [5.74, 6) is 1.12. The summed E-state index contributed by atoms with van der Waals surface area (Å²) in [7, 11) is 0. The molecular formula is C9H11ClFN3. The number of nitrogens with zero attached hydrogens (tertiary/aromatic N) is 2. The summed E-state index contributed by atoms with van der Waals surface area (Å²) in [6.07, 6.45) is 2.28. The third kappa shape index (κ3) is 2.12. The molecule has 1 aromatic rings. The van der Waals surface area contributed by atoms with Crippen molar-refractivity contribution < 1.29 is 4.39 Å². The van der Waals surface area contributed by atoms with Crippen molar-refractivity contribution in [2.24, 2.45) is 11.8 Å². The van der Waals surface area contributed by atoms with E-state index in [-0.39, 0.29) is 11.1 Å². The Hall–Kier alpha value is -0.900. The Morgan fingerprint density at radius 1 is 1.71 bits per heavy atom. The number of hydrogen-bond acceptors (Lipinski definition) is 3. The minimum Gasteiger partial charge on any atom is -0.367 e. The maximum Gasteiger partial charge on any atom is 0.224 e. The molecule has 0 amide bonds. The molecule has 0 saturated heterocycles. The Labute approximate surface area is 86.7 Å². The van der Waals surface area contributed by atoms with Gasteiger partial charge in [0.2, 0.25) is 5.28 Å². The molecule has 1 aromatic heterocycles. The lowest BCUT2D eigenvalue weighted by Crippen LogP contribution is -2.08. The second-order valence-corrected chi connectivity index (χ2v) is 4.03. The lowest BCUT2D eigenvalue weighted by molar-refractivity contribution is 0.615. The van der Waals surface area contributed by atoms with Gasteiger partial charge in [-0.2, -0.15) is 4.98 Å². The Bertz CT molecular complexity index is 345. The van der Waals surface area contributed by atoms with Gasteiger partial charge < -0.3 is 5.32 Å². The Morgan fingerprint density at radius 2 is 2.43 bits per heavy atom. The molecule has 2 unspecified atom stereocenters. The van der Waals surface area contributed by atoms with Gasteiger partial charge in [0.05, 0.1) is 6.20 Å². The first-order valence-electron chi connectivity index (χ1n) is 4.58. The van der Waals surface area contributed by atoms with E-state index in [9.17, 15) is 4.39 Å². The monoisotopic (exact) mass is 215 g/mol. The van der Waals surface area contributed by atoms with Crippen LogP contribution in [0.1, 0.15) is 13.3 Å². The average molecular weight is 216 g/mol. The molecule has 14 heavy (non-hydrogen) atoms. The van der Waals surface area contributed by atoms with Crippen LogP contribution in [0, 0.1) is 17.7 Å². The normalized spacial score (nSPS) is 24.8. The van der Waals surface area contributed by atoms with E-state index in [1.54, 1.807) is 0 Å². The summed E-state index contributed by atoms with van der Waals surface area (Å²) in [6, 6.07) is 0. The molecule has 1 heterocycles. The predicted octanol–water partition coefficient (Wildman–Crippen LogP) is 2.34. The highest BCUT2D eigenvalue weighted by Gasteiger charge is 2.32. The van der Waals surface area contributed by atoms with Crippen LogP contribution in [0.5, 0.6) is 0 Å². The maximum absolute atomic E-state index is 13.1. The molecule has 1 N–H and O–H groups in total. The van der Waals surface area contributed by atoms with Gasteiger partial charge in [-0.25, -0.2) is 9.37 Å². The fourth-order valence-electron chi connectivity index (χ4n) is 1.38. The molecule has 1 saturated carbocycles. The first-order valence-corrected chi connectivity index (χ1v) is 4.96. The zero-order valence-corrected chi connectivity index (χ0v) is 8.55. The summed E-state index contributed by atoms with van der Waals surface area (Å²) < 4.78 is 13.1. The van der Waals surface area contributed by atoms with Crippen LogP contribution in [-0.2, 0) is 0 Å². The number of hydrogen-bond donors (Lipinski definition) is 1. The van der Waals surface area contributed by atoms with Crippen molar-refractivity contribution in [1.29, 1.82) is 0 Å². The smallest absolute Gasteiger partial charge is 0.224 e. The van der Waals surface area contributed by atoms with Crippen molar-refractivity contribution in [3.05, 3.63) is 17.3 Å². The van der Waals surface area contributed by atoms with Crippen molar-refractivity contribution in [1.82, 2.24) is 9.97 Å². The fraction of sp³-hybridized carbons (Fsp3) is 0.556. The van der Waals surface area contributed by atoms with Gasteiger partial charge >= 0.3 is 0 Å². The van der Waals surface area contributed by atoms with Crippen LogP contribution in [0.3, 0.4) is 0 Å². The first-order chi connectivity index (χ1) is 6.66. The molecular weight excluding hydrogens is 205 g/mol. The van der Waals surface area contributed by atoms with Crippen LogP contribution in [0.2, 0.25) is 5.28 Å². The van der Waals surface area contributed by atoms with E-state index in [0.717, 1.165) is 18.7 Å². The van der Waals surface area contributed by atoms with Crippen molar-refractivity contribution in [2.45, 2.75) is 13.3 Å². The van der Waals surface area contributed by atoms with Gasteiger partial charge in [0.15, 0.2) is 11.6 Å². The highest BCUT2D eigenvalue weighted by molar-refractivity contribution is 6.28. The fourth-order valence-corrected chi connectivity index (χ4v) is 1.51. The maximum atomic E-state index is 13.1. The van der Waals surface area contributed by atoms with Crippen LogP contribution in [-0.4, -0.2) is 16.5 Å². The SMILES string of the molecule is CC1CC1CNc1nc(Cl)ncc1F. The Kier molecular flexibility index (Phi) is 2.54. The quantitative estimate of drug-likeness (QED) is 0.787. The molecule has 1 aliphatic rings. The lowest BCUT2D eigenvalue weighted by atomic mass is 10.3. The van der Waals surface area contributed by atoms with Crippen molar-refractivity contribution in [3.63, 3.8) is 0 Å². The summed E-state index contributed by atoms with van der Waals surface area (Å²) >= 11 is 5.55. The summed E-state index contributed by atoms with van der Waals surface area (Å²) in [4.78, 5) is 7.30. The summed E-state index contributed by atoms with van der Waals surface area (Å²) in [5.41, 5.74) is 0. The molecule has 0 bridgehead atoms. The number of nitrogens with one attached hydrogen (secondary N) is 1. The molecule has 0 aromatic carbocycles. The van der Waals surface area contributed by atoms with Crippen LogP contribution in [0.25, 0.3) is 0 Å². The van der Waals surface area contributed by atoms with Gasteiger partial charge in [0.25, 0.3) is 0 Å². The molecule has 5 heteroatoms. The van der Waals surface area contributed by atoms with E-state index >= 15 is 0 Å². The van der Waals surface area contributed by atoms with E-state index in [1.165, 1.54) is 6.42 Å². The van der Waals surface area contributed by atoms with Gasteiger partial charge in [-0.05, 0) is 29.9 Å². The van der Waals surface area contributed by atoms with Gasteiger partial charge in [-0.1, -0.05) is 6.92 Å². The standard InChI is InChI=1S/C9H11ClFN3/c1-5-2-6(5)3-12-8-7(11)4-13-9(10)14-8/h4-6H,2-3H2,1H3,(H,12,13,14). The summed E-state index contributed by atoms with van der Waals surface area (Å²) in [6.45, 7) is 2.93. The number of aromatic nitrogens is 2. The Balaban J connectivity index is 1.97. The second-order valence-electron chi connectivity index (χ2n) is 3.69. The Morgan fingerprint density at radius 3 is 3.07 bits per heavy atom.